The van der Waals surface area contributed by atoms with Gasteiger partial charge in [-0.3, -0.25) is 4.90 Å². The predicted molar refractivity (Wildman–Crippen MR) is 97.3 cm³/mol. The van der Waals surface area contributed by atoms with Crippen LogP contribution < -0.4 is 5.32 Å². The highest BCUT2D eigenvalue weighted by atomic mass is 16.5. The fraction of sp³-hybridized carbons (Fsp3) is 0.571. The zero-order valence-corrected chi connectivity index (χ0v) is 15.0. The van der Waals surface area contributed by atoms with E-state index >= 15 is 0 Å². The quantitative estimate of drug-likeness (QED) is 0.840. The molecule has 1 N–H and O–H groups in total. The molecule has 1 aliphatic carbocycles. The van der Waals surface area contributed by atoms with Crippen LogP contribution in [0, 0.1) is 11.8 Å². The molecule has 2 fully saturated rings. The van der Waals surface area contributed by atoms with Crippen LogP contribution in [0.2, 0.25) is 0 Å². The van der Waals surface area contributed by atoms with Gasteiger partial charge in [0.25, 0.3) is 0 Å². The van der Waals surface area contributed by atoms with Gasteiger partial charge in [0.2, 0.25) is 0 Å². The Kier molecular flexibility index (Phi) is 3.30. The van der Waals surface area contributed by atoms with Gasteiger partial charge in [0, 0.05) is 24.0 Å². The molecule has 132 valence electrons. The largest absolute Gasteiger partial charge is 0.466 e. The van der Waals surface area contributed by atoms with Gasteiger partial charge in [-0.15, -0.1) is 0 Å². The lowest BCUT2D eigenvalue weighted by Crippen LogP contribution is -2.55. The van der Waals surface area contributed by atoms with E-state index < -0.39 is 0 Å². The van der Waals surface area contributed by atoms with Crippen molar-refractivity contribution in [2.45, 2.75) is 44.1 Å². The Hall–Kier alpha value is -1.81. The van der Waals surface area contributed by atoms with E-state index in [0.717, 1.165) is 36.6 Å². The zero-order valence-electron chi connectivity index (χ0n) is 15.0. The van der Waals surface area contributed by atoms with Gasteiger partial charge >= 0.3 is 5.97 Å². The highest BCUT2D eigenvalue weighted by Crippen LogP contribution is 2.61. The number of hydrogen-bond donors (Lipinski definition) is 1. The van der Waals surface area contributed by atoms with Crippen LogP contribution in [0.15, 0.2) is 35.5 Å². The van der Waals surface area contributed by atoms with Crippen molar-refractivity contribution in [3.05, 3.63) is 41.1 Å². The second-order valence-corrected chi connectivity index (χ2v) is 8.15. The maximum Gasteiger partial charge on any atom is 0.335 e. The van der Waals surface area contributed by atoms with Crippen molar-refractivity contribution >= 4 is 11.7 Å². The van der Waals surface area contributed by atoms with Crippen LogP contribution in [0.4, 0.5) is 5.69 Å². The van der Waals surface area contributed by atoms with Crippen LogP contribution in [0.5, 0.6) is 0 Å². The summed E-state index contributed by atoms with van der Waals surface area (Å²) in [5.74, 6) is 1.15. The number of benzene rings is 1. The Balaban J connectivity index is 1.72. The summed E-state index contributed by atoms with van der Waals surface area (Å²) in [4.78, 5) is 15.3. The molecule has 0 unspecified atom stereocenters. The number of para-hydroxylation sites is 1. The van der Waals surface area contributed by atoms with E-state index in [1.807, 2.05) is 0 Å². The molecule has 3 aliphatic heterocycles. The van der Waals surface area contributed by atoms with Crippen LogP contribution in [0.25, 0.3) is 0 Å². The highest BCUT2D eigenvalue weighted by Gasteiger charge is 2.62. The number of methoxy groups -OCH3 is 1. The first-order valence-corrected chi connectivity index (χ1v) is 9.61. The average Bonchev–Trinajstić information content (AvgIpc) is 3.20. The minimum atomic E-state index is -0.148. The van der Waals surface area contributed by atoms with Crippen LogP contribution in [-0.4, -0.2) is 37.1 Å². The Morgan fingerprint density at radius 1 is 1.40 bits per heavy atom. The van der Waals surface area contributed by atoms with E-state index in [0.29, 0.717) is 12.0 Å². The number of carbonyl (C=O) groups is 1. The third-order valence-corrected chi connectivity index (χ3v) is 7.16. The standard InChI is InChI=1S/C21H26N2O2/c1-3-13-10-14-11-15(20(24)25-2)18-21(8-9-23(12-13)19(14)21)16-6-4-5-7-17(16)22-18/h4-7,13-14,19,22H,3,8-12H2,1-2H3/t13-,14+,19-,21-/m0/s1. The summed E-state index contributed by atoms with van der Waals surface area (Å²) in [6, 6.07) is 9.16. The minimum Gasteiger partial charge on any atom is -0.466 e. The SMILES string of the molecule is CC[C@H]1C[C@@H]2CC(C(=O)OC)=C3Nc4ccccc4[C@@]34CCN(C1)[C@@H]24. The van der Waals surface area contributed by atoms with E-state index in [-0.39, 0.29) is 11.4 Å². The van der Waals surface area contributed by atoms with Crippen molar-refractivity contribution < 1.29 is 9.53 Å². The van der Waals surface area contributed by atoms with E-state index in [9.17, 15) is 4.79 Å². The third-order valence-electron chi connectivity index (χ3n) is 7.16. The van der Waals surface area contributed by atoms with Gasteiger partial charge in [-0.2, -0.15) is 0 Å². The molecule has 4 aliphatic rings. The van der Waals surface area contributed by atoms with Crippen molar-refractivity contribution in [1.29, 1.82) is 0 Å². The molecule has 1 aromatic carbocycles. The van der Waals surface area contributed by atoms with Crippen LogP contribution in [0.3, 0.4) is 0 Å². The molecule has 0 bridgehead atoms. The molecule has 2 saturated heterocycles. The number of hydrogen-bond acceptors (Lipinski definition) is 4. The summed E-state index contributed by atoms with van der Waals surface area (Å²) in [7, 11) is 1.51. The summed E-state index contributed by atoms with van der Waals surface area (Å²) in [6.45, 7) is 4.64. The molecule has 0 radical (unpaired) electrons. The average molecular weight is 338 g/mol. The van der Waals surface area contributed by atoms with E-state index in [4.69, 9.17) is 4.74 Å². The molecule has 0 saturated carbocycles. The molecule has 1 spiro atoms. The number of nitrogens with one attached hydrogen (secondary N) is 1. The van der Waals surface area contributed by atoms with Crippen LogP contribution >= 0.6 is 0 Å². The lowest BCUT2D eigenvalue weighted by Gasteiger charge is -2.50. The zero-order chi connectivity index (χ0) is 17.2. The van der Waals surface area contributed by atoms with Crippen LogP contribution in [0.1, 0.15) is 38.2 Å². The maximum absolute atomic E-state index is 12.6. The van der Waals surface area contributed by atoms with Gasteiger partial charge in [0.1, 0.15) is 0 Å². The first kappa shape index (κ1) is 15.4. The Morgan fingerprint density at radius 2 is 2.24 bits per heavy atom. The minimum absolute atomic E-state index is 0.0399. The number of piperidine rings is 1. The second-order valence-electron chi connectivity index (χ2n) is 8.15. The smallest absolute Gasteiger partial charge is 0.335 e. The summed E-state index contributed by atoms with van der Waals surface area (Å²) >= 11 is 0. The number of nitrogens with zero attached hydrogens (tertiary/aromatic N) is 1. The molecule has 0 aromatic heterocycles. The van der Waals surface area contributed by atoms with E-state index in [2.05, 4.69) is 41.4 Å². The van der Waals surface area contributed by atoms with Crippen molar-refractivity contribution in [2.75, 3.05) is 25.5 Å². The van der Waals surface area contributed by atoms with E-state index in [1.165, 1.54) is 37.7 Å². The summed E-state index contributed by atoms with van der Waals surface area (Å²) in [5.41, 5.74) is 4.55. The summed E-state index contributed by atoms with van der Waals surface area (Å²) < 4.78 is 5.18. The monoisotopic (exact) mass is 338 g/mol. The van der Waals surface area contributed by atoms with Gasteiger partial charge in [-0.1, -0.05) is 31.5 Å². The highest BCUT2D eigenvalue weighted by molar-refractivity contribution is 5.93. The molecule has 4 nitrogen and oxygen atoms in total. The topological polar surface area (TPSA) is 41.6 Å². The normalized spacial score (nSPS) is 35.7. The Bertz CT molecular complexity index is 771. The van der Waals surface area contributed by atoms with Crippen molar-refractivity contribution in [3.8, 4) is 0 Å². The number of ether oxygens (including phenoxy) is 1. The number of esters is 1. The van der Waals surface area contributed by atoms with Gasteiger partial charge < -0.3 is 10.1 Å². The molecule has 3 heterocycles. The molecule has 1 aromatic rings. The first-order chi connectivity index (χ1) is 12.2. The predicted octanol–water partition coefficient (Wildman–Crippen LogP) is 3.30. The Morgan fingerprint density at radius 3 is 3.04 bits per heavy atom. The first-order valence-electron chi connectivity index (χ1n) is 9.61. The summed E-state index contributed by atoms with van der Waals surface area (Å²) in [6.07, 6.45) is 4.41. The maximum atomic E-state index is 12.6. The second kappa shape index (κ2) is 5.34. The third kappa shape index (κ3) is 1.89. The fourth-order valence-corrected chi connectivity index (χ4v) is 6.22. The molecule has 5 rings (SSSR count). The number of carbonyl (C=O) groups excluding carboxylic acids is 1. The molecule has 0 amide bonds. The van der Waals surface area contributed by atoms with E-state index in [1.54, 1.807) is 0 Å². The lowest BCUT2D eigenvalue weighted by molar-refractivity contribution is -0.136. The molecule has 25 heavy (non-hydrogen) atoms. The van der Waals surface area contributed by atoms with Gasteiger partial charge in [0.15, 0.2) is 0 Å². The summed E-state index contributed by atoms with van der Waals surface area (Å²) in [5, 5.41) is 3.63. The molecular formula is C21H26N2O2. The molecular weight excluding hydrogens is 312 g/mol. The van der Waals surface area contributed by atoms with Crippen LogP contribution in [-0.2, 0) is 14.9 Å². The van der Waals surface area contributed by atoms with Crippen molar-refractivity contribution in [2.24, 2.45) is 11.8 Å². The lowest BCUT2D eigenvalue weighted by atomic mass is 9.60. The number of anilines is 1. The molecule has 4 atom stereocenters. The Labute approximate surface area is 149 Å². The fourth-order valence-electron chi connectivity index (χ4n) is 6.22. The van der Waals surface area contributed by atoms with Gasteiger partial charge in [-0.25, -0.2) is 4.79 Å². The number of rotatable bonds is 2. The van der Waals surface area contributed by atoms with Gasteiger partial charge in [-0.05, 0) is 49.3 Å². The van der Waals surface area contributed by atoms with Crippen molar-refractivity contribution in [3.63, 3.8) is 0 Å². The van der Waals surface area contributed by atoms with Gasteiger partial charge in [0.05, 0.1) is 18.1 Å². The number of fused-ring (bicyclic) bond motifs is 1. The molecule has 4 heteroatoms. The van der Waals surface area contributed by atoms with Crippen molar-refractivity contribution in [1.82, 2.24) is 4.90 Å².